The Hall–Kier alpha value is -1.03. The average molecular weight is 231 g/mol. The summed E-state index contributed by atoms with van der Waals surface area (Å²) in [4.78, 5) is 0. The molecular formula is C12H16F3N. The van der Waals surface area contributed by atoms with Gasteiger partial charge in [-0.05, 0) is 26.0 Å². The van der Waals surface area contributed by atoms with Gasteiger partial charge < -0.3 is 5.32 Å². The van der Waals surface area contributed by atoms with Crippen molar-refractivity contribution in [2.75, 3.05) is 7.05 Å². The summed E-state index contributed by atoms with van der Waals surface area (Å²) in [6.07, 6.45) is -4.51. The SMILES string of the molecule is CNC(Cc1cccc(C)c1)CC(F)(F)F. The molecule has 0 saturated heterocycles. The minimum Gasteiger partial charge on any atom is -0.316 e. The molecule has 1 N–H and O–H groups in total. The van der Waals surface area contributed by atoms with Gasteiger partial charge in [0.2, 0.25) is 0 Å². The number of aryl methyl sites for hydroxylation is 1. The van der Waals surface area contributed by atoms with Gasteiger partial charge in [-0.1, -0.05) is 29.8 Å². The number of rotatable bonds is 4. The maximum atomic E-state index is 12.2. The lowest BCUT2D eigenvalue weighted by Crippen LogP contribution is -2.32. The number of nitrogens with one attached hydrogen (secondary N) is 1. The molecular weight excluding hydrogens is 215 g/mol. The Morgan fingerprint density at radius 2 is 2.00 bits per heavy atom. The zero-order chi connectivity index (χ0) is 12.2. The van der Waals surface area contributed by atoms with Crippen LogP contribution in [0, 0.1) is 6.92 Å². The third-order valence-electron chi connectivity index (χ3n) is 2.45. The Bertz CT molecular complexity index is 333. The highest BCUT2D eigenvalue weighted by Gasteiger charge is 2.31. The van der Waals surface area contributed by atoms with Gasteiger partial charge in [0.1, 0.15) is 0 Å². The summed E-state index contributed by atoms with van der Waals surface area (Å²) < 4.78 is 36.7. The van der Waals surface area contributed by atoms with E-state index in [9.17, 15) is 13.2 Å². The number of alkyl halides is 3. The van der Waals surface area contributed by atoms with Crippen LogP contribution in [0.3, 0.4) is 0 Å². The van der Waals surface area contributed by atoms with Crippen molar-refractivity contribution in [3.05, 3.63) is 35.4 Å². The molecule has 0 aliphatic rings. The number of likely N-dealkylation sites (N-methyl/N-ethyl adjacent to an activating group) is 1. The van der Waals surface area contributed by atoms with Crippen LogP contribution in [0.4, 0.5) is 13.2 Å². The molecule has 1 atom stereocenters. The van der Waals surface area contributed by atoms with Gasteiger partial charge in [-0.3, -0.25) is 0 Å². The van der Waals surface area contributed by atoms with E-state index in [2.05, 4.69) is 5.32 Å². The predicted molar refractivity (Wildman–Crippen MR) is 58.4 cm³/mol. The van der Waals surface area contributed by atoms with Gasteiger partial charge in [-0.15, -0.1) is 0 Å². The van der Waals surface area contributed by atoms with Crippen LogP contribution < -0.4 is 5.32 Å². The third kappa shape index (κ3) is 4.66. The van der Waals surface area contributed by atoms with Crippen LogP contribution in [0.25, 0.3) is 0 Å². The van der Waals surface area contributed by atoms with Gasteiger partial charge in [0.05, 0.1) is 6.42 Å². The Morgan fingerprint density at radius 3 is 2.50 bits per heavy atom. The van der Waals surface area contributed by atoms with Gasteiger partial charge in [-0.25, -0.2) is 0 Å². The van der Waals surface area contributed by atoms with E-state index in [-0.39, 0.29) is 0 Å². The lowest BCUT2D eigenvalue weighted by Gasteiger charge is -2.18. The Labute approximate surface area is 93.7 Å². The molecule has 1 unspecified atom stereocenters. The van der Waals surface area contributed by atoms with E-state index in [0.717, 1.165) is 11.1 Å². The van der Waals surface area contributed by atoms with E-state index in [4.69, 9.17) is 0 Å². The lowest BCUT2D eigenvalue weighted by molar-refractivity contribution is -0.139. The molecule has 0 amide bonds. The van der Waals surface area contributed by atoms with Crippen molar-refractivity contribution >= 4 is 0 Å². The normalized spacial score (nSPS) is 13.8. The summed E-state index contributed by atoms with van der Waals surface area (Å²) in [5.74, 6) is 0. The van der Waals surface area contributed by atoms with Crippen molar-refractivity contribution in [2.45, 2.75) is 32.0 Å². The van der Waals surface area contributed by atoms with Crippen LogP contribution in [0.2, 0.25) is 0 Å². The fourth-order valence-corrected chi connectivity index (χ4v) is 1.68. The third-order valence-corrected chi connectivity index (χ3v) is 2.45. The van der Waals surface area contributed by atoms with Crippen molar-refractivity contribution in [1.82, 2.24) is 5.32 Å². The van der Waals surface area contributed by atoms with E-state index in [0.29, 0.717) is 6.42 Å². The van der Waals surface area contributed by atoms with Gasteiger partial charge in [0, 0.05) is 6.04 Å². The Morgan fingerprint density at radius 1 is 1.31 bits per heavy atom. The van der Waals surface area contributed by atoms with Crippen LogP contribution in [0.5, 0.6) is 0 Å². The molecule has 0 saturated carbocycles. The first-order valence-electron chi connectivity index (χ1n) is 5.20. The second-order valence-corrected chi connectivity index (χ2v) is 4.00. The van der Waals surface area contributed by atoms with E-state index in [1.54, 1.807) is 7.05 Å². The standard InChI is InChI=1S/C12H16F3N/c1-9-4-3-5-10(6-9)7-11(16-2)8-12(13,14)15/h3-6,11,16H,7-8H2,1-2H3. The highest BCUT2D eigenvalue weighted by atomic mass is 19.4. The van der Waals surface area contributed by atoms with E-state index in [1.807, 2.05) is 31.2 Å². The predicted octanol–water partition coefficient (Wildman–Crippen LogP) is 3.08. The molecule has 0 aromatic heterocycles. The molecule has 4 heteroatoms. The molecule has 0 spiro atoms. The summed E-state index contributed by atoms with van der Waals surface area (Å²) >= 11 is 0. The largest absolute Gasteiger partial charge is 0.390 e. The molecule has 0 bridgehead atoms. The smallest absolute Gasteiger partial charge is 0.316 e. The Balaban J connectivity index is 2.63. The molecule has 1 rings (SSSR count). The molecule has 0 aliphatic carbocycles. The minimum absolute atomic E-state index is 0.400. The second-order valence-electron chi connectivity index (χ2n) is 4.00. The van der Waals surface area contributed by atoms with Crippen molar-refractivity contribution in [2.24, 2.45) is 0 Å². The fourth-order valence-electron chi connectivity index (χ4n) is 1.68. The zero-order valence-electron chi connectivity index (χ0n) is 9.43. The minimum atomic E-state index is -4.11. The molecule has 90 valence electrons. The highest BCUT2D eigenvalue weighted by Crippen LogP contribution is 2.23. The average Bonchev–Trinajstić information content (AvgIpc) is 2.14. The van der Waals surface area contributed by atoms with Crippen molar-refractivity contribution in [3.63, 3.8) is 0 Å². The molecule has 1 aromatic carbocycles. The first-order valence-corrected chi connectivity index (χ1v) is 5.20. The first-order chi connectivity index (χ1) is 7.40. The number of halogens is 3. The maximum absolute atomic E-state index is 12.2. The number of hydrogen-bond donors (Lipinski definition) is 1. The number of benzene rings is 1. The molecule has 16 heavy (non-hydrogen) atoms. The summed E-state index contributed by atoms with van der Waals surface area (Å²) in [6.45, 7) is 1.93. The van der Waals surface area contributed by atoms with Crippen LogP contribution in [0.15, 0.2) is 24.3 Å². The molecule has 0 aliphatic heterocycles. The highest BCUT2D eigenvalue weighted by molar-refractivity contribution is 5.23. The molecule has 1 aromatic rings. The second kappa shape index (κ2) is 5.34. The summed E-state index contributed by atoms with van der Waals surface area (Å²) in [7, 11) is 1.56. The molecule has 0 radical (unpaired) electrons. The summed E-state index contributed by atoms with van der Waals surface area (Å²) in [5.41, 5.74) is 2.00. The lowest BCUT2D eigenvalue weighted by atomic mass is 10.0. The maximum Gasteiger partial charge on any atom is 0.390 e. The van der Waals surface area contributed by atoms with E-state index >= 15 is 0 Å². The van der Waals surface area contributed by atoms with Crippen molar-refractivity contribution in [1.29, 1.82) is 0 Å². The van der Waals surface area contributed by atoms with Gasteiger partial charge >= 0.3 is 6.18 Å². The van der Waals surface area contributed by atoms with E-state index < -0.39 is 18.6 Å². The molecule has 0 heterocycles. The summed E-state index contributed by atoms with van der Waals surface area (Å²) in [5, 5.41) is 2.71. The van der Waals surface area contributed by atoms with Crippen LogP contribution in [-0.4, -0.2) is 19.3 Å². The van der Waals surface area contributed by atoms with Gasteiger partial charge in [0.15, 0.2) is 0 Å². The van der Waals surface area contributed by atoms with Crippen molar-refractivity contribution < 1.29 is 13.2 Å². The fraction of sp³-hybridized carbons (Fsp3) is 0.500. The quantitative estimate of drug-likeness (QED) is 0.839. The van der Waals surface area contributed by atoms with Crippen LogP contribution in [-0.2, 0) is 6.42 Å². The summed E-state index contributed by atoms with van der Waals surface area (Å²) in [6, 6.07) is 7.02. The topological polar surface area (TPSA) is 12.0 Å². The number of hydrogen-bond acceptors (Lipinski definition) is 1. The van der Waals surface area contributed by atoms with Crippen LogP contribution >= 0.6 is 0 Å². The van der Waals surface area contributed by atoms with Crippen molar-refractivity contribution in [3.8, 4) is 0 Å². The zero-order valence-corrected chi connectivity index (χ0v) is 9.43. The molecule has 1 nitrogen and oxygen atoms in total. The molecule has 0 fully saturated rings. The van der Waals surface area contributed by atoms with Crippen LogP contribution in [0.1, 0.15) is 17.5 Å². The first kappa shape index (κ1) is 13.0. The monoisotopic (exact) mass is 231 g/mol. The van der Waals surface area contributed by atoms with Gasteiger partial charge in [-0.2, -0.15) is 13.2 Å². The Kier molecular flexibility index (Phi) is 4.35. The van der Waals surface area contributed by atoms with Gasteiger partial charge in [0.25, 0.3) is 0 Å². The van der Waals surface area contributed by atoms with E-state index in [1.165, 1.54) is 0 Å².